The summed E-state index contributed by atoms with van der Waals surface area (Å²) in [6.45, 7) is -0.0884. The largest absolute Gasteiger partial charge is 0.388 e. The smallest absolute Gasteiger partial charge is 0.253 e. The average Bonchev–Trinajstić information content (AvgIpc) is 2.56. The lowest BCUT2D eigenvalue weighted by molar-refractivity contribution is -0.101. The molecule has 3 rings (SSSR count). The summed E-state index contributed by atoms with van der Waals surface area (Å²) >= 11 is 6.14. The van der Waals surface area contributed by atoms with Crippen molar-refractivity contribution in [3.8, 4) is 0 Å². The van der Waals surface area contributed by atoms with E-state index in [1.165, 1.54) is 0 Å². The third-order valence-electron chi connectivity index (χ3n) is 4.49. The van der Waals surface area contributed by atoms with Crippen molar-refractivity contribution in [2.75, 3.05) is 6.54 Å². The number of pyridine rings is 1. The topological polar surface area (TPSA) is 62.2 Å². The second-order valence-electron chi connectivity index (χ2n) is 6.28. The minimum absolute atomic E-state index is 0.0505. The van der Waals surface area contributed by atoms with Gasteiger partial charge in [-0.1, -0.05) is 17.7 Å². The Hall–Kier alpha value is -1.79. The van der Waals surface area contributed by atoms with E-state index in [1.807, 2.05) is 0 Å². The quantitative estimate of drug-likeness (QED) is 0.886. The van der Waals surface area contributed by atoms with Crippen LogP contribution in [0, 0.1) is 0 Å². The number of hydrogen-bond acceptors (Lipinski definition) is 3. The number of carbonyl (C=O) groups excluding carboxylic acids is 1. The third kappa shape index (κ3) is 3.49. The summed E-state index contributed by atoms with van der Waals surface area (Å²) in [5.74, 6) is -3.19. The van der Waals surface area contributed by atoms with E-state index in [-0.39, 0.29) is 42.8 Å². The number of nitrogens with one attached hydrogen (secondary N) is 1. The highest BCUT2D eigenvalue weighted by molar-refractivity contribution is 6.35. The van der Waals surface area contributed by atoms with Crippen LogP contribution in [0.4, 0.5) is 8.78 Å². The Labute approximate surface area is 142 Å². The highest BCUT2D eigenvalue weighted by atomic mass is 35.5. The van der Waals surface area contributed by atoms with Crippen LogP contribution in [0.2, 0.25) is 5.02 Å². The molecule has 1 aliphatic carbocycles. The first-order chi connectivity index (χ1) is 11.3. The number of fused-ring (bicyclic) bond motifs is 1. The van der Waals surface area contributed by atoms with Gasteiger partial charge in [0.1, 0.15) is 0 Å². The summed E-state index contributed by atoms with van der Waals surface area (Å²) in [5, 5.41) is 14.7. The lowest BCUT2D eigenvalue weighted by atomic mass is 9.82. The van der Waals surface area contributed by atoms with Crippen LogP contribution < -0.4 is 5.32 Å². The Morgan fingerprint density at radius 3 is 2.67 bits per heavy atom. The van der Waals surface area contributed by atoms with Crippen molar-refractivity contribution in [2.45, 2.75) is 37.2 Å². The van der Waals surface area contributed by atoms with Crippen molar-refractivity contribution in [3.63, 3.8) is 0 Å². The van der Waals surface area contributed by atoms with Gasteiger partial charge >= 0.3 is 0 Å². The molecule has 1 fully saturated rings. The first-order valence-corrected chi connectivity index (χ1v) is 8.08. The lowest BCUT2D eigenvalue weighted by Crippen LogP contribution is -2.47. The zero-order valence-electron chi connectivity index (χ0n) is 12.9. The van der Waals surface area contributed by atoms with Crippen molar-refractivity contribution in [2.24, 2.45) is 0 Å². The predicted molar refractivity (Wildman–Crippen MR) is 87.5 cm³/mol. The van der Waals surface area contributed by atoms with Crippen LogP contribution >= 0.6 is 11.6 Å². The van der Waals surface area contributed by atoms with Gasteiger partial charge in [0, 0.05) is 37.2 Å². The minimum Gasteiger partial charge on any atom is -0.388 e. The van der Waals surface area contributed by atoms with Crippen LogP contribution in [0.15, 0.2) is 30.6 Å². The summed E-state index contributed by atoms with van der Waals surface area (Å²) in [6.07, 6.45) is 2.31. The van der Waals surface area contributed by atoms with Gasteiger partial charge in [0.25, 0.3) is 5.91 Å². The minimum atomic E-state index is -2.74. The first-order valence-electron chi connectivity index (χ1n) is 7.70. The molecule has 128 valence electrons. The number of alkyl halides is 2. The molecule has 0 saturated heterocycles. The Balaban J connectivity index is 1.76. The molecule has 1 aromatic heterocycles. The van der Waals surface area contributed by atoms with Gasteiger partial charge in [0.2, 0.25) is 5.92 Å². The van der Waals surface area contributed by atoms with Gasteiger partial charge in [-0.2, -0.15) is 0 Å². The molecule has 0 bridgehead atoms. The highest BCUT2D eigenvalue weighted by Crippen LogP contribution is 2.38. The van der Waals surface area contributed by atoms with Gasteiger partial charge < -0.3 is 10.4 Å². The van der Waals surface area contributed by atoms with Gasteiger partial charge in [-0.15, -0.1) is 0 Å². The fourth-order valence-corrected chi connectivity index (χ4v) is 3.21. The van der Waals surface area contributed by atoms with Crippen LogP contribution in [-0.4, -0.2) is 34.1 Å². The van der Waals surface area contributed by atoms with Gasteiger partial charge in [0.05, 0.1) is 16.2 Å². The zero-order chi connectivity index (χ0) is 17.4. The molecule has 2 aromatic rings. The molecule has 0 atom stereocenters. The number of rotatable bonds is 3. The van der Waals surface area contributed by atoms with Crippen molar-refractivity contribution >= 4 is 28.3 Å². The molecule has 1 heterocycles. The molecule has 4 nitrogen and oxygen atoms in total. The number of carbonyl (C=O) groups is 1. The number of amides is 1. The summed E-state index contributed by atoms with van der Waals surface area (Å²) in [6, 6.07) is 5.17. The van der Waals surface area contributed by atoms with Crippen LogP contribution in [0.1, 0.15) is 36.0 Å². The van der Waals surface area contributed by atoms with E-state index in [9.17, 15) is 18.7 Å². The monoisotopic (exact) mass is 354 g/mol. The van der Waals surface area contributed by atoms with Crippen molar-refractivity contribution in [1.82, 2.24) is 10.3 Å². The standard InChI is InChI=1S/C17H17ClF2N2O2/c18-13-2-1-11-3-8-21-9-12(11)14(13)15(23)22-10-16(24)4-6-17(19,20)7-5-16/h1-3,8-9,24H,4-7,10H2,(H,22,23). The van der Waals surface area contributed by atoms with Crippen molar-refractivity contribution in [1.29, 1.82) is 0 Å². The second-order valence-corrected chi connectivity index (χ2v) is 6.69. The molecule has 1 saturated carbocycles. The summed E-state index contributed by atoms with van der Waals surface area (Å²) in [7, 11) is 0. The lowest BCUT2D eigenvalue weighted by Gasteiger charge is -2.35. The molecule has 2 N–H and O–H groups in total. The summed E-state index contributed by atoms with van der Waals surface area (Å²) < 4.78 is 26.4. The van der Waals surface area contributed by atoms with Gasteiger partial charge in [0.15, 0.2) is 0 Å². The highest BCUT2D eigenvalue weighted by Gasteiger charge is 2.42. The van der Waals surface area contributed by atoms with E-state index in [1.54, 1.807) is 30.6 Å². The maximum atomic E-state index is 13.2. The number of aliphatic hydroxyl groups is 1. The van der Waals surface area contributed by atoms with Crippen LogP contribution in [0.5, 0.6) is 0 Å². The molecular weight excluding hydrogens is 338 g/mol. The van der Waals surface area contributed by atoms with E-state index in [4.69, 9.17) is 11.6 Å². The van der Waals surface area contributed by atoms with Crippen LogP contribution in [0.25, 0.3) is 10.8 Å². The second kappa shape index (κ2) is 6.26. The van der Waals surface area contributed by atoms with Crippen molar-refractivity contribution in [3.05, 3.63) is 41.2 Å². The van der Waals surface area contributed by atoms with E-state index < -0.39 is 17.4 Å². The Morgan fingerprint density at radius 1 is 1.25 bits per heavy atom. The first kappa shape index (κ1) is 17.0. The number of aromatic nitrogens is 1. The van der Waals surface area contributed by atoms with Crippen LogP contribution in [-0.2, 0) is 0 Å². The maximum Gasteiger partial charge on any atom is 0.253 e. The number of benzene rings is 1. The summed E-state index contributed by atoms with van der Waals surface area (Å²) in [4.78, 5) is 16.5. The van der Waals surface area contributed by atoms with E-state index in [0.29, 0.717) is 5.39 Å². The van der Waals surface area contributed by atoms with Gasteiger partial charge in [-0.3, -0.25) is 9.78 Å². The Morgan fingerprint density at radius 2 is 1.96 bits per heavy atom. The molecule has 24 heavy (non-hydrogen) atoms. The molecule has 1 amide bonds. The molecule has 1 aliphatic rings. The van der Waals surface area contributed by atoms with E-state index in [0.717, 1.165) is 5.39 Å². The fourth-order valence-electron chi connectivity index (χ4n) is 2.96. The number of halogens is 3. The molecule has 0 radical (unpaired) electrons. The van der Waals surface area contributed by atoms with Gasteiger partial charge in [-0.25, -0.2) is 8.78 Å². The van der Waals surface area contributed by atoms with E-state index in [2.05, 4.69) is 10.3 Å². The fraction of sp³-hybridized carbons (Fsp3) is 0.412. The molecule has 0 spiro atoms. The maximum absolute atomic E-state index is 13.2. The number of hydrogen-bond donors (Lipinski definition) is 2. The third-order valence-corrected chi connectivity index (χ3v) is 4.80. The Kier molecular flexibility index (Phi) is 4.44. The SMILES string of the molecule is O=C(NCC1(O)CCC(F)(F)CC1)c1c(Cl)ccc2ccncc12. The van der Waals surface area contributed by atoms with Crippen LogP contribution in [0.3, 0.4) is 0 Å². The van der Waals surface area contributed by atoms with Gasteiger partial charge in [-0.05, 0) is 30.4 Å². The summed E-state index contributed by atoms with van der Waals surface area (Å²) in [5.41, 5.74) is -1.04. The zero-order valence-corrected chi connectivity index (χ0v) is 13.6. The predicted octanol–water partition coefficient (Wildman–Crippen LogP) is 3.56. The molecular formula is C17H17ClF2N2O2. The number of nitrogens with zero attached hydrogens (tertiary/aromatic N) is 1. The van der Waals surface area contributed by atoms with E-state index >= 15 is 0 Å². The van der Waals surface area contributed by atoms with Crippen molar-refractivity contribution < 1.29 is 18.7 Å². The normalized spacial score (nSPS) is 19.2. The molecule has 7 heteroatoms. The molecule has 0 unspecified atom stereocenters. The Bertz CT molecular complexity index is 772. The average molecular weight is 355 g/mol. The molecule has 0 aliphatic heterocycles. The molecule has 1 aromatic carbocycles.